The lowest BCUT2D eigenvalue weighted by Crippen LogP contribution is -2.43. The molecular formula is C18H20FN3O3. The first kappa shape index (κ1) is 17.1. The summed E-state index contributed by atoms with van der Waals surface area (Å²) in [6, 6.07) is 5.86. The number of piperidine rings is 1. The lowest BCUT2D eigenvalue weighted by Gasteiger charge is -2.32. The predicted molar refractivity (Wildman–Crippen MR) is 90.1 cm³/mol. The molecule has 0 aliphatic carbocycles. The molecule has 0 spiro atoms. The zero-order chi connectivity index (χ0) is 17.8. The van der Waals surface area contributed by atoms with Crippen molar-refractivity contribution >= 4 is 5.91 Å². The van der Waals surface area contributed by atoms with Crippen molar-refractivity contribution in [3.63, 3.8) is 0 Å². The van der Waals surface area contributed by atoms with Crippen LogP contribution in [-0.4, -0.2) is 40.5 Å². The molecule has 3 rings (SSSR count). The van der Waals surface area contributed by atoms with Crippen LogP contribution in [0.25, 0.3) is 0 Å². The van der Waals surface area contributed by atoms with Crippen LogP contribution in [0.2, 0.25) is 0 Å². The SMILES string of the molecule is Cc1ncc(C(=O)N2CCC[C@H](COc3ccc(F)cc3)C2)c(=O)[nH]1. The Hall–Kier alpha value is -2.70. The molecule has 1 aliphatic heterocycles. The maximum absolute atomic E-state index is 12.9. The number of nitrogens with one attached hydrogen (secondary N) is 1. The third-order valence-electron chi connectivity index (χ3n) is 4.26. The highest BCUT2D eigenvalue weighted by atomic mass is 19.1. The Morgan fingerprint density at radius 1 is 1.40 bits per heavy atom. The fourth-order valence-corrected chi connectivity index (χ4v) is 2.94. The number of hydrogen-bond donors (Lipinski definition) is 1. The summed E-state index contributed by atoms with van der Waals surface area (Å²) in [5, 5.41) is 0. The highest BCUT2D eigenvalue weighted by molar-refractivity contribution is 5.93. The normalized spacial score (nSPS) is 17.4. The number of ether oxygens (including phenoxy) is 1. The third-order valence-corrected chi connectivity index (χ3v) is 4.26. The molecule has 2 heterocycles. The average Bonchev–Trinajstić information content (AvgIpc) is 2.61. The largest absolute Gasteiger partial charge is 0.493 e. The Bertz CT molecular complexity index is 804. The highest BCUT2D eigenvalue weighted by Crippen LogP contribution is 2.20. The molecule has 1 aliphatic rings. The molecule has 0 unspecified atom stereocenters. The molecule has 1 atom stereocenters. The Labute approximate surface area is 144 Å². The molecule has 0 bridgehead atoms. The topological polar surface area (TPSA) is 75.3 Å². The number of halogens is 1. The molecular weight excluding hydrogens is 325 g/mol. The van der Waals surface area contributed by atoms with Crippen LogP contribution < -0.4 is 10.3 Å². The van der Waals surface area contributed by atoms with E-state index < -0.39 is 5.56 Å². The lowest BCUT2D eigenvalue weighted by molar-refractivity contribution is 0.0631. The average molecular weight is 345 g/mol. The molecule has 0 saturated carbocycles. The summed E-state index contributed by atoms with van der Waals surface area (Å²) in [5.41, 5.74) is -0.354. The van der Waals surface area contributed by atoms with Gasteiger partial charge in [-0.25, -0.2) is 9.37 Å². The monoisotopic (exact) mass is 345 g/mol. The van der Waals surface area contributed by atoms with Crippen molar-refractivity contribution in [1.29, 1.82) is 0 Å². The number of H-pyrrole nitrogens is 1. The second-order valence-electron chi connectivity index (χ2n) is 6.24. The van der Waals surface area contributed by atoms with Crippen molar-refractivity contribution in [1.82, 2.24) is 14.9 Å². The van der Waals surface area contributed by atoms with E-state index in [1.807, 2.05) is 0 Å². The van der Waals surface area contributed by atoms with Gasteiger partial charge in [0.15, 0.2) is 0 Å². The summed E-state index contributed by atoms with van der Waals surface area (Å²) in [5.74, 6) is 0.633. The summed E-state index contributed by atoms with van der Waals surface area (Å²) >= 11 is 0. The van der Waals surface area contributed by atoms with Crippen LogP contribution in [0.15, 0.2) is 35.3 Å². The van der Waals surface area contributed by atoms with Gasteiger partial charge < -0.3 is 14.6 Å². The number of nitrogens with zero attached hydrogens (tertiary/aromatic N) is 2. The number of aryl methyl sites for hydroxylation is 1. The van der Waals surface area contributed by atoms with Gasteiger partial charge in [0, 0.05) is 25.2 Å². The third kappa shape index (κ3) is 4.23. The number of amides is 1. The van der Waals surface area contributed by atoms with E-state index in [9.17, 15) is 14.0 Å². The first-order valence-electron chi connectivity index (χ1n) is 8.26. The second kappa shape index (κ2) is 7.46. The van der Waals surface area contributed by atoms with E-state index in [0.29, 0.717) is 31.3 Å². The fraction of sp³-hybridized carbons (Fsp3) is 0.389. The minimum atomic E-state index is -0.415. The number of hydrogen-bond acceptors (Lipinski definition) is 4. The van der Waals surface area contributed by atoms with Gasteiger partial charge in [-0.3, -0.25) is 9.59 Å². The minimum absolute atomic E-state index is 0.0608. The molecule has 7 heteroatoms. The molecule has 1 amide bonds. The number of likely N-dealkylation sites (tertiary alicyclic amines) is 1. The van der Waals surface area contributed by atoms with E-state index >= 15 is 0 Å². The van der Waals surface area contributed by atoms with Gasteiger partial charge in [0.05, 0.1) is 6.61 Å². The summed E-state index contributed by atoms with van der Waals surface area (Å²) in [6.07, 6.45) is 3.11. The van der Waals surface area contributed by atoms with Crippen molar-refractivity contribution in [3.05, 3.63) is 58.0 Å². The summed E-state index contributed by atoms with van der Waals surface area (Å²) in [7, 11) is 0. The van der Waals surface area contributed by atoms with Crippen LogP contribution in [0.1, 0.15) is 29.0 Å². The van der Waals surface area contributed by atoms with E-state index in [1.165, 1.54) is 18.3 Å². The van der Waals surface area contributed by atoms with Crippen molar-refractivity contribution in [2.75, 3.05) is 19.7 Å². The van der Waals surface area contributed by atoms with Gasteiger partial charge in [0.2, 0.25) is 0 Å². The Morgan fingerprint density at radius 2 is 2.16 bits per heavy atom. The summed E-state index contributed by atoms with van der Waals surface area (Å²) < 4.78 is 18.6. The van der Waals surface area contributed by atoms with Crippen molar-refractivity contribution in [2.24, 2.45) is 5.92 Å². The standard InChI is InChI=1S/C18H20FN3O3/c1-12-20-9-16(17(23)21-12)18(24)22-8-2-3-13(10-22)11-25-15-6-4-14(19)5-7-15/h4-7,9,13H,2-3,8,10-11H2,1H3,(H,20,21,23)/t13-/m0/s1. The molecule has 1 saturated heterocycles. The predicted octanol–water partition coefficient (Wildman–Crippen LogP) is 2.15. The Morgan fingerprint density at radius 3 is 2.88 bits per heavy atom. The first-order valence-corrected chi connectivity index (χ1v) is 8.26. The minimum Gasteiger partial charge on any atom is -0.493 e. The van der Waals surface area contributed by atoms with E-state index in [4.69, 9.17) is 4.74 Å². The van der Waals surface area contributed by atoms with Gasteiger partial charge in [-0.2, -0.15) is 0 Å². The van der Waals surface area contributed by atoms with Crippen LogP contribution in [0.5, 0.6) is 5.75 Å². The van der Waals surface area contributed by atoms with Crippen LogP contribution in [0, 0.1) is 18.7 Å². The first-order chi connectivity index (χ1) is 12.0. The molecule has 1 N–H and O–H groups in total. The molecule has 2 aromatic rings. The van der Waals surface area contributed by atoms with E-state index in [0.717, 1.165) is 12.8 Å². The van der Waals surface area contributed by atoms with Gasteiger partial charge in [0.25, 0.3) is 11.5 Å². The molecule has 25 heavy (non-hydrogen) atoms. The number of rotatable bonds is 4. The number of aromatic nitrogens is 2. The number of aromatic amines is 1. The Kier molecular flexibility index (Phi) is 5.11. The number of carbonyl (C=O) groups is 1. The van der Waals surface area contributed by atoms with Gasteiger partial charge in [0.1, 0.15) is 23.0 Å². The van der Waals surface area contributed by atoms with Crippen LogP contribution in [0.4, 0.5) is 4.39 Å². The van der Waals surface area contributed by atoms with Crippen LogP contribution in [-0.2, 0) is 0 Å². The van der Waals surface area contributed by atoms with Crippen molar-refractivity contribution in [3.8, 4) is 5.75 Å². The van der Waals surface area contributed by atoms with Gasteiger partial charge in [-0.15, -0.1) is 0 Å². The molecule has 1 aromatic carbocycles. The van der Waals surface area contributed by atoms with E-state index in [1.54, 1.807) is 24.0 Å². The zero-order valence-electron chi connectivity index (χ0n) is 14.0. The van der Waals surface area contributed by atoms with Crippen molar-refractivity contribution in [2.45, 2.75) is 19.8 Å². The van der Waals surface area contributed by atoms with Gasteiger partial charge >= 0.3 is 0 Å². The zero-order valence-corrected chi connectivity index (χ0v) is 14.0. The second-order valence-corrected chi connectivity index (χ2v) is 6.24. The van der Waals surface area contributed by atoms with Gasteiger partial charge in [-0.05, 0) is 44.0 Å². The number of benzene rings is 1. The molecule has 132 valence electrons. The van der Waals surface area contributed by atoms with Crippen molar-refractivity contribution < 1.29 is 13.9 Å². The van der Waals surface area contributed by atoms with Crippen LogP contribution in [0.3, 0.4) is 0 Å². The molecule has 6 nitrogen and oxygen atoms in total. The molecule has 1 aromatic heterocycles. The Balaban J connectivity index is 1.61. The highest BCUT2D eigenvalue weighted by Gasteiger charge is 2.26. The maximum atomic E-state index is 12.9. The lowest BCUT2D eigenvalue weighted by atomic mass is 9.98. The summed E-state index contributed by atoms with van der Waals surface area (Å²) in [6.45, 7) is 3.24. The fourth-order valence-electron chi connectivity index (χ4n) is 2.94. The smallest absolute Gasteiger partial charge is 0.263 e. The van der Waals surface area contributed by atoms with E-state index in [2.05, 4.69) is 9.97 Å². The quantitative estimate of drug-likeness (QED) is 0.921. The summed E-state index contributed by atoms with van der Waals surface area (Å²) in [4.78, 5) is 32.7. The van der Waals surface area contributed by atoms with Crippen LogP contribution >= 0.6 is 0 Å². The molecule has 1 fully saturated rings. The number of carbonyl (C=O) groups excluding carboxylic acids is 1. The molecule has 0 radical (unpaired) electrons. The van der Waals surface area contributed by atoms with Gasteiger partial charge in [-0.1, -0.05) is 0 Å². The van der Waals surface area contributed by atoms with E-state index in [-0.39, 0.29) is 23.2 Å². The maximum Gasteiger partial charge on any atom is 0.263 e.